The Balaban J connectivity index is 1.92. The summed E-state index contributed by atoms with van der Waals surface area (Å²) in [6.07, 6.45) is 5.29. The second kappa shape index (κ2) is 6.82. The molecule has 0 saturated carbocycles. The van der Waals surface area contributed by atoms with Gasteiger partial charge >= 0.3 is 0 Å². The summed E-state index contributed by atoms with van der Waals surface area (Å²) >= 11 is 1.75. The average Bonchev–Trinajstić information content (AvgIpc) is 2.75. The molecule has 19 heavy (non-hydrogen) atoms. The van der Waals surface area contributed by atoms with Gasteiger partial charge < -0.3 is 5.32 Å². The first-order chi connectivity index (χ1) is 9.13. The molecular formula is C15H27N3S. The van der Waals surface area contributed by atoms with Crippen LogP contribution in [-0.2, 0) is 6.54 Å². The molecule has 0 spiro atoms. The van der Waals surface area contributed by atoms with Crippen LogP contribution >= 0.6 is 11.3 Å². The third kappa shape index (κ3) is 4.26. The van der Waals surface area contributed by atoms with E-state index in [1.54, 1.807) is 11.3 Å². The van der Waals surface area contributed by atoms with Crippen molar-refractivity contribution in [2.45, 2.75) is 46.1 Å². The minimum Gasteiger partial charge on any atom is -0.317 e. The molecule has 0 amide bonds. The van der Waals surface area contributed by atoms with Crippen LogP contribution in [-0.4, -0.2) is 36.6 Å². The molecule has 1 aromatic heterocycles. The Hall–Kier alpha value is -0.450. The van der Waals surface area contributed by atoms with Gasteiger partial charge in [0, 0.05) is 18.5 Å². The highest BCUT2D eigenvalue weighted by Gasteiger charge is 2.32. The Labute approximate surface area is 121 Å². The summed E-state index contributed by atoms with van der Waals surface area (Å²) in [5, 5.41) is 6.86. The number of nitrogens with zero attached hydrogens (tertiary/aromatic N) is 2. The smallest absolute Gasteiger partial charge is 0.0897 e. The van der Waals surface area contributed by atoms with Crippen LogP contribution in [0.5, 0.6) is 0 Å². The van der Waals surface area contributed by atoms with E-state index in [-0.39, 0.29) is 0 Å². The fraction of sp³-hybridized carbons (Fsp3) is 0.800. The molecule has 1 aromatic rings. The van der Waals surface area contributed by atoms with E-state index in [0.717, 1.165) is 6.54 Å². The highest BCUT2D eigenvalue weighted by atomic mass is 32.1. The number of rotatable bonds is 6. The van der Waals surface area contributed by atoms with Crippen LogP contribution in [0.2, 0.25) is 0 Å². The molecule has 4 heteroatoms. The van der Waals surface area contributed by atoms with Crippen LogP contribution in [0.25, 0.3) is 0 Å². The van der Waals surface area contributed by atoms with E-state index >= 15 is 0 Å². The predicted molar refractivity (Wildman–Crippen MR) is 82.6 cm³/mol. The molecular weight excluding hydrogens is 254 g/mol. The average molecular weight is 281 g/mol. The maximum Gasteiger partial charge on any atom is 0.0897 e. The summed E-state index contributed by atoms with van der Waals surface area (Å²) < 4.78 is 0. The lowest BCUT2D eigenvalue weighted by atomic mass is 9.75. The van der Waals surface area contributed by atoms with Gasteiger partial charge in [0.1, 0.15) is 0 Å². The quantitative estimate of drug-likeness (QED) is 0.868. The molecule has 1 fully saturated rings. The normalized spacial score (nSPS) is 18.9. The Morgan fingerprint density at radius 1 is 1.42 bits per heavy atom. The molecule has 0 aromatic carbocycles. The van der Waals surface area contributed by atoms with Crippen molar-refractivity contribution < 1.29 is 0 Å². The maximum atomic E-state index is 4.58. The minimum absolute atomic E-state index is 0.528. The lowest BCUT2D eigenvalue weighted by molar-refractivity contribution is 0.112. The van der Waals surface area contributed by atoms with Gasteiger partial charge in [0.15, 0.2) is 0 Å². The van der Waals surface area contributed by atoms with E-state index in [2.05, 4.69) is 41.5 Å². The number of aryl methyl sites for hydroxylation is 1. The topological polar surface area (TPSA) is 28.2 Å². The van der Waals surface area contributed by atoms with E-state index in [4.69, 9.17) is 0 Å². The third-order valence-electron chi connectivity index (χ3n) is 4.15. The van der Waals surface area contributed by atoms with E-state index in [9.17, 15) is 0 Å². The molecule has 0 atom stereocenters. The summed E-state index contributed by atoms with van der Waals surface area (Å²) in [7, 11) is 2.24. The van der Waals surface area contributed by atoms with Crippen molar-refractivity contribution in [2.24, 2.45) is 5.41 Å². The Morgan fingerprint density at radius 3 is 2.74 bits per heavy atom. The van der Waals surface area contributed by atoms with E-state index in [1.165, 1.54) is 56.0 Å². The molecule has 0 aliphatic carbocycles. The molecule has 108 valence electrons. The summed E-state index contributed by atoms with van der Waals surface area (Å²) in [5.74, 6) is 0. The van der Waals surface area contributed by atoms with Crippen molar-refractivity contribution in [3.05, 3.63) is 16.1 Å². The number of piperidine rings is 1. The number of nitrogens with one attached hydrogen (secondary N) is 1. The molecule has 0 radical (unpaired) electrons. The third-order valence-corrected chi connectivity index (χ3v) is 4.97. The van der Waals surface area contributed by atoms with Gasteiger partial charge in [-0.25, -0.2) is 4.98 Å². The molecule has 0 bridgehead atoms. The second-order valence-electron chi connectivity index (χ2n) is 6.03. The van der Waals surface area contributed by atoms with Crippen LogP contribution in [0.4, 0.5) is 0 Å². The van der Waals surface area contributed by atoms with Crippen molar-refractivity contribution in [2.75, 3.05) is 26.7 Å². The fourth-order valence-corrected chi connectivity index (χ4v) is 3.96. The first-order valence-corrected chi connectivity index (χ1v) is 8.32. The van der Waals surface area contributed by atoms with E-state index in [1.807, 2.05) is 0 Å². The first kappa shape index (κ1) is 14.9. The van der Waals surface area contributed by atoms with Gasteiger partial charge in [0.2, 0.25) is 0 Å². The SMILES string of the molecule is CCCC1(CN(C)Cc2csc(C)n2)CCNCC1. The number of hydrogen-bond donors (Lipinski definition) is 1. The molecule has 1 saturated heterocycles. The lowest BCUT2D eigenvalue weighted by Crippen LogP contribution is -2.43. The van der Waals surface area contributed by atoms with Crippen LogP contribution < -0.4 is 5.32 Å². The summed E-state index contributed by atoms with van der Waals surface area (Å²) in [6.45, 7) is 8.96. The molecule has 2 heterocycles. The van der Waals surface area contributed by atoms with Crippen LogP contribution in [0.15, 0.2) is 5.38 Å². The lowest BCUT2D eigenvalue weighted by Gasteiger charge is -2.40. The molecule has 1 N–H and O–H groups in total. The monoisotopic (exact) mass is 281 g/mol. The standard InChI is InChI=1S/C15H27N3S/c1-4-5-15(6-8-16-9-7-15)12-18(3)10-14-11-19-13(2)17-14/h11,16H,4-10,12H2,1-3H3. The van der Waals surface area contributed by atoms with Crippen LogP contribution in [0.3, 0.4) is 0 Å². The summed E-state index contributed by atoms with van der Waals surface area (Å²) in [5.41, 5.74) is 1.75. The van der Waals surface area contributed by atoms with Gasteiger partial charge in [-0.1, -0.05) is 13.3 Å². The van der Waals surface area contributed by atoms with Gasteiger partial charge in [0.05, 0.1) is 10.7 Å². The zero-order valence-electron chi connectivity index (χ0n) is 12.5. The zero-order chi connectivity index (χ0) is 13.7. The Bertz CT molecular complexity index is 377. The highest BCUT2D eigenvalue weighted by molar-refractivity contribution is 7.09. The van der Waals surface area contributed by atoms with Crippen molar-refractivity contribution in [3.8, 4) is 0 Å². The van der Waals surface area contributed by atoms with E-state index < -0.39 is 0 Å². The van der Waals surface area contributed by atoms with E-state index in [0.29, 0.717) is 5.41 Å². The molecule has 1 aliphatic rings. The van der Waals surface area contributed by atoms with Crippen molar-refractivity contribution in [1.29, 1.82) is 0 Å². The van der Waals surface area contributed by atoms with Gasteiger partial charge in [-0.05, 0) is 51.7 Å². The number of hydrogen-bond acceptors (Lipinski definition) is 4. The molecule has 2 rings (SSSR count). The maximum absolute atomic E-state index is 4.58. The minimum atomic E-state index is 0.528. The van der Waals surface area contributed by atoms with Gasteiger partial charge in [0.25, 0.3) is 0 Å². The molecule has 3 nitrogen and oxygen atoms in total. The first-order valence-electron chi connectivity index (χ1n) is 7.44. The summed E-state index contributed by atoms with van der Waals surface area (Å²) in [6, 6.07) is 0. The molecule has 1 aliphatic heterocycles. The predicted octanol–water partition coefficient (Wildman–Crippen LogP) is 3.05. The van der Waals surface area contributed by atoms with Crippen molar-refractivity contribution >= 4 is 11.3 Å². The van der Waals surface area contributed by atoms with Gasteiger partial charge in [-0.3, -0.25) is 4.90 Å². The Kier molecular flexibility index (Phi) is 5.37. The highest BCUT2D eigenvalue weighted by Crippen LogP contribution is 2.35. The van der Waals surface area contributed by atoms with Crippen molar-refractivity contribution in [3.63, 3.8) is 0 Å². The van der Waals surface area contributed by atoms with Crippen LogP contribution in [0, 0.1) is 12.3 Å². The summed E-state index contributed by atoms with van der Waals surface area (Å²) in [4.78, 5) is 7.04. The largest absolute Gasteiger partial charge is 0.317 e. The number of aromatic nitrogens is 1. The van der Waals surface area contributed by atoms with Crippen LogP contribution in [0.1, 0.15) is 43.3 Å². The van der Waals surface area contributed by atoms with Gasteiger partial charge in [-0.2, -0.15) is 0 Å². The zero-order valence-corrected chi connectivity index (χ0v) is 13.4. The van der Waals surface area contributed by atoms with Gasteiger partial charge in [-0.15, -0.1) is 11.3 Å². The fourth-order valence-electron chi connectivity index (χ4n) is 3.36. The Morgan fingerprint density at radius 2 is 2.16 bits per heavy atom. The molecule has 0 unspecified atom stereocenters. The number of thiazole rings is 1. The second-order valence-corrected chi connectivity index (χ2v) is 7.09. The van der Waals surface area contributed by atoms with Crippen molar-refractivity contribution in [1.82, 2.24) is 15.2 Å².